The second-order valence-corrected chi connectivity index (χ2v) is 11.3. The zero-order valence-electron chi connectivity index (χ0n) is 24.4. The SMILES string of the molecule is O=C(O)CCCCOc1cccc(-c2cn(Cc3c(F)cccc3C(F)(F)F)c(=O)n(CC3NCCc4ccccc43)c2=O)c1Cl. The van der Waals surface area contributed by atoms with Gasteiger partial charge in [-0.05, 0) is 55.1 Å². The Bertz CT molecular complexity index is 1870. The summed E-state index contributed by atoms with van der Waals surface area (Å²) in [7, 11) is 0. The van der Waals surface area contributed by atoms with Crippen LogP contribution < -0.4 is 21.3 Å². The first-order chi connectivity index (χ1) is 22.0. The molecule has 0 spiro atoms. The Kier molecular flexibility index (Phi) is 9.97. The fourth-order valence-corrected chi connectivity index (χ4v) is 5.88. The molecule has 3 aromatic carbocycles. The van der Waals surface area contributed by atoms with Crippen molar-refractivity contribution in [2.24, 2.45) is 0 Å². The van der Waals surface area contributed by atoms with Gasteiger partial charge in [-0.3, -0.25) is 18.7 Å². The lowest BCUT2D eigenvalue weighted by atomic mass is 9.94. The summed E-state index contributed by atoms with van der Waals surface area (Å²) in [6.45, 7) is -0.240. The Labute approximate surface area is 265 Å². The van der Waals surface area contributed by atoms with Crippen LogP contribution in [0.25, 0.3) is 11.1 Å². The number of ether oxygens (including phenoxy) is 1. The minimum absolute atomic E-state index is 0.0117. The highest BCUT2D eigenvalue weighted by Gasteiger charge is 2.35. The second-order valence-electron chi connectivity index (χ2n) is 10.9. The van der Waals surface area contributed by atoms with Crippen LogP contribution in [-0.4, -0.2) is 33.4 Å². The van der Waals surface area contributed by atoms with Gasteiger partial charge in [-0.2, -0.15) is 13.2 Å². The van der Waals surface area contributed by atoms with Crippen LogP contribution in [-0.2, 0) is 30.5 Å². The standard InChI is InChI=1S/C33H30ClF4N3O5/c34-30-22(9-5-12-28(30)46-16-4-3-13-29(42)43)23-17-40(18-24-25(33(36,37)38)10-6-11-26(24)35)32(45)41(31(23)44)19-27-21-8-2-1-7-20(21)14-15-39-27/h1-2,5-12,17,27,39H,3-4,13-16,18-19H2,(H,42,43). The molecule has 0 amide bonds. The van der Waals surface area contributed by atoms with Gasteiger partial charge in [0.25, 0.3) is 5.56 Å². The molecule has 2 N–H and O–H groups in total. The molecule has 4 aromatic rings. The van der Waals surface area contributed by atoms with Crippen LogP contribution in [0.15, 0.2) is 76.4 Å². The van der Waals surface area contributed by atoms with E-state index >= 15 is 0 Å². The van der Waals surface area contributed by atoms with Crippen molar-refractivity contribution in [3.8, 4) is 16.9 Å². The number of unbranched alkanes of at least 4 members (excludes halogenated alkanes) is 1. The molecule has 1 aliphatic heterocycles. The Morgan fingerprint density at radius 3 is 2.54 bits per heavy atom. The zero-order chi connectivity index (χ0) is 33.0. The van der Waals surface area contributed by atoms with Crippen LogP contribution in [0.1, 0.15) is 47.6 Å². The number of carboxylic acids is 1. The number of aromatic nitrogens is 2. The molecule has 1 aromatic heterocycles. The van der Waals surface area contributed by atoms with Crippen LogP contribution >= 0.6 is 11.6 Å². The zero-order valence-corrected chi connectivity index (χ0v) is 25.2. The van der Waals surface area contributed by atoms with E-state index in [2.05, 4.69) is 5.32 Å². The molecule has 5 rings (SSSR count). The first-order valence-corrected chi connectivity index (χ1v) is 15.0. The highest BCUT2D eigenvalue weighted by atomic mass is 35.5. The Hall–Kier alpha value is -4.42. The Morgan fingerprint density at radius 2 is 1.78 bits per heavy atom. The summed E-state index contributed by atoms with van der Waals surface area (Å²) >= 11 is 6.68. The van der Waals surface area contributed by atoms with Crippen LogP contribution in [0, 0.1) is 5.82 Å². The van der Waals surface area contributed by atoms with E-state index < -0.39 is 52.9 Å². The van der Waals surface area contributed by atoms with Crippen molar-refractivity contribution in [1.82, 2.24) is 14.5 Å². The lowest BCUT2D eigenvalue weighted by Gasteiger charge is -2.27. The molecule has 0 aliphatic carbocycles. The van der Waals surface area contributed by atoms with Crippen molar-refractivity contribution in [1.29, 1.82) is 0 Å². The summed E-state index contributed by atoms with van der Waals surface area (Å²) < 4.78 is 64.1. The van der Waals surface area contributed by atoms with Gasteiger partial charge in [0.1, 0.15) is 11.6 Å². The molecule has 0 saturated heterocycles. The van der Waals surface area contributed by atoms with Crippen molar-refractivity contribution in [3.63, 3.8) is 0 Å². The number of hydrogen-bond donors (Lipinski definition) is 2. The molecular formula is C33H30ClF4N3O5. The van der Waals surface area contributed by atoms with Gasteiger partial charge in [0, 0.05) is 23.7 Å². The van der Waals surface area contributed by atoms with Crippen molar-refractivity contribution < 1.29 is 32.2 Å². The maximum absolute atomic E-state index is 14.9. The highest BCUT2D eigenvalue weighted by Crippen LogP contribution is 2.35. The molecule has 8 nitrogen and oxygen atoms in total. The number of rotatable bonds is 11. The molecule has 0 fully saturated rings. The molecular weight excluding hydrogens is 630 g/mol. The van der Waals surface area contributed by atoms with Gasteiger partial charge in [-0.15, -0.1) is 0 Å². The number of fused-ring (bicyclic) bond motifs is 1. The molecule has 1 unspecified atom stereocenters. The third-order valence-electron chi connectivity index (χ3n) is 7.87. The summed E-state index contributed by atoms with van der Waals surface area (Å²) in [6, 6.07) is 14.3. The van der Waals surface area contributed by atoms with E-state index in [0.717, 1.165) is 51.1 Å². The summed E-state index contributed by atoms with van der Waals surface area (Å²) in [5.41, 5.74) is -1.69. The Balaban J connectivity index is 1.61. The van der Waals surface area contributed by atoms with Crippen LogP contribution in [0.5, 0.6) is 5.75 Å². The van der Waals surface area contributed by atoms with Gasteiger partial charge in [-0.1, -0.05) is 54.1 Å². The predicted octanol–water partition coefficient (Wildman–Crippen LogP) is 6.06. The average Bonchev–Trinajstić information content (AvgIpc) is 3.01. The third-order valence-corrected chi connectivity index (χ3v) is 8.26. The van der Waals surface area contributed by atoms with Crippen LogP contribution in [0.2, 0.25) is 5.02 Å². The topological polar surface area (TPSA) is 103 Å². The average molecular weight is 660 g/mol. The van der Waals surface area contributed by atoms with Crippen molar-refractivity contribution in [2.45, 2.75) is 51.0 Å². The van der Waals surface area contributed by atoms with Gasteiger partial charge < -0.3 is 15.2 Å². The normalized spacial score (nSPS) is 14.6. The summed E-state index contributed by atoms with van der Waals surface area (Å²) in [4.78, 5) is 38.6. The number of carboxylic acid groups (broad SMARTS) is 1. The van der Waals surface area contributed by atoms with Crippen molar-refractivity contribution >= 4 is 17.6 Å². The number of hydrogen-bond acceptors (Lipinski definition) is 5. The summed E-state index contributed by atoms with van der Waals surface area (Å²) in [5, 5.41) is 12.2. The molecule has 0 radical (unpaired) electrons. The first kappa shape index (κ1) is 33.0. The number of carbonyl (C=O) groups is 1. The van der Waals surface area contributed by atoms with Crippen LogP contribution in [0.4, 0.5) is 17.6 Å². The molecule has 2 heterocycles. The fraction of sp³-hybridized carbons (Fsp3) is 0.303. The molecule has 1 atom stereocenters. The molecule has 1 aliphatic rings. The molecule has 0 saturated carbocycles. The smallest absolute Gasteiger partial charge is 0.416 e. The number of alkyl halides is 3. The maximum atomic E-state index is 14.9. The number of halogens is 5. The summed E-state index contributed by atoms with van der Waals surface area (Å²) in [5.74, 6) is -1.90. The van der Waals surface area contributed by atoms with E-state index in [1.807, 2.05) is 24.3 Å². The summed E-state index contributed by atoms with van der Waals surface area (Å²) in [6.07, 6.45) is -2.31. The highest BCUT2D eigenvalue weighted by molar-refractivity contribution is 6.34. The lowest BCUT2D eigenvalue weighted by molar-refractivity contribution is -0.139. The Morgan fingerprint density at radius 1 is 1.02 bits per heavy atom. The van der Waals surface area contributed by atoms with Gasteiger partial charge in [0.15, 0.2) is 0 Å². The van der Waals surface area contributed by atoms with E-state index in [0.29, 0.717) is 19.4 Å². The molecule has 0 bridgehead atoms. The van der Waals surface area contributed by atoms with Crippen molar-refractivity contribution in [3.05, 3.63) is 121 Å². The van der Waals surface area contributed by atoms with Crippen molar-refractivity contribution in [2.75, 3.05) is 13.2 Å². The number of benzene rings is 3. The first-order valence-electron chi connectivity index (χ1n) is 14.6. The number of aliphatic carboxylic acids is 1. The molecule has 46 heavy (non-hydrogen) atoms. The van der Waals surface area contributed by atoms with Crippen LogP contribution in [0.3, 0.4) is 0 Å². The second kappa shape index (κ2) is 13.9. The lowest BCUT2D eigenvalue weighted by Crippen LogP contribution is -2.44. The molecule has 242 valence electrons. The van der Waals surface area contributed by atoms with Gasteiger partial charge in [-0.25, -0.2) is 9.18 Å². The fourth-order valence-electron chi connectivity index (χ4n) is 5.60. The quantitative estimate of drug-likeness (QED) is 0.150. The monoisotopic (exact) mass is 659 g/mol. The number of nitrogens with zero attached hydrogens (tertiary/aromatic N) is 2. The predicted molar refractivity (Wildman–Crippen MR) is 164 cm³/mol. The van der Waals surface area contributed by atoms with E-state index in [-0.39, 0.29) is 41.5 Å². The van der Waals surface area contributed by atoms with E-state index in [4.69, 9.17) is 21.4 Å². The van der Waals surface area contributed by atoms with Gasteiger partial charge in [0.05, 0.1) is 41.9 Å². The third kappa shape index (κ3) is 7.18. The van der Waals surface area contributed by atoms with Gasteiger partial charge in [0.2, 0.25) is 0 Å². The largest absolute Gasteiger partial charge is 0.492 e. The minimum atomic E-state index is -4.90. The van der Waals surface area contributed by atoms with E-state index in [9.17, 15) is 31.9 Å². The maximum Gasteiger partial charge on any atom is 0.416 e. The molecule has 13 heteroatoms. The minimum Gasteiger partial charge on any atom is -0.492 e. The van der Waals surface area contributed by atoms with E-state index in [1.165, 1.54) is 6.07 Å². The number of nitrogens with one attached hydrogen (secondary N) is 1. The van der Waals surface area contributed by atoms with E-state index in [1.54, 1.807) is 12.1 Å². The van der Waals surface area contributed by atoms with Gasteiger partial charge >= 0.3 is 17.8 Å².